The number of halogens is 1. The van der Waals surface area contributed by atoms with Crippen LogP contribution in [-0.2, 0) is 0 Å². The molecule has 0 bridgehead atoms. The van der Waals surface area contributed by atoms with Gasteiger partial charge in [-0.05, 0) is 25.8 Å². The van der Waals surface area contributed by atoms with E-state index in [4.69, 9.17) is 5.26 Å². The molecule has 3 heteroatoms. The predicted octanol–water partition coefficient (Wildman–Crippen LogP) is 3.10. The second kappa shape index (κ2) is 5.46. The van der Waals surface area contributed by atoms with Gasteiger partial charge in [0.1, 0.15) is 6.07 Å². The number of hydrogen-bond acceptors (Lipinski definition) is 2. The van der Waals surface area contributed by atoms with Gasteiger partial charge in [0.15, 0.2) is 0 Å². The first-order chi connectivity index (χ1) is 7.12. The van der Waals surface area contributed by atoms with Crippen LogP contribution in [0.25, 0.3) is 0 Å². The maximum atomic E-state index is 14.0. The lowest BCUT2D eigenvalue weighted by Gasteiger charge is -2.32. The second-order valence-electron chi connectivity index (χ2n) is 4.61. The van der Waals surface area contributed by atoms with Gasteiger partial charge in [-0.2, -0.15) is 5.26 Å². The van der Waals surface area contributed by atoms with Gasteiger partial charge in [0.2, 0.25) is 5.79 Å². The van der Waals surface area contributed by atoms with Crippen molar-refractivity contribution in [2.45, 2.75) is 51.2 Å². The first-order valence-corrected chi connectivity index (χ1v) is 5.94. The molecule has 86 valence electrons. The summed E-state index contributed by atoms with van der Waals surface area (Å²) < 4.78 is 14.0. The maximum Gasteiger partial charge on any atom is 0.250 e. The lowest BCUT2D eigenvalue weighted by Crippen LogP contribution is -2.43. The highest BCUT2D eigenvalue weighted by Gasteiger charge is 2.33. The summed E-state index contributed by atoms with van der Waals surface area (Å²) in [6.45, 7) is 2.44. The molecule has 0 radical (unpaired) electrons. The molecule has 0 N–H and O–H groups in total. The highest BCUT2D eigenvalue weighted by atomic mass is 19.1. The van der Waals surface area contributed by atoms with Crippen LogP contribution >= 0.6 is 0 Å². The quantitative estimate of drug-likeness (QED) is 0.669. The SMILES string of the molecule is CCC(F)(C#N)N(C)CC1CCCCC1. The van der Waals surface area contributed by atoms with Crippen LogP contribution in [0.1, 0.15) is 45.4 Å². The smallest absolute Gasteiger partial charge is 0.250 e. The van der Waals surface area contributed by atoms with Crippen molar-refractivity contribution in [2.75, 3.05) is 13.6 Å². The molecule has 1 saturated carbocycles. The van der Waals surface area contributed by atoms with Gasteiger partial charge in [0, 0.05) is 13.0 Å². The van der Waals surface area contributed by atoms with Crippen LogP contribution in [0, 0.1) is 17.2 Å². The lowest BCUT2D eigenvalue weighted by atomic mass is 9.88. The Morgan fingerprint density at radius 1 is 1.40 bits per heavy atom. The molecule has 0 heterocycles. The van der Waals surface area contributed by atoms with E-state index in [0.29, 0.717) is 5.92 Å². The van der Waals surface area contributed by atoms with Crippen LogP contribution < -0.4 is 0 Å². The lowest BCUT2D eigenvalue weighted by molar-refractivity contribution is 0.0182. The zero-order valence-electron chi connectivity index (χ0n) is 9.80. The Morgan fingerprint density at radius 3 is 2.47 bits per heavy atom. The number of nitrogens with zero attached hydrogens (tertiary/aromatic N) is 2. The minimum atomic E-state index is -1.77. The van der Waals surface area contributed by atoms with Gasteiger partial charge < -0.3 is 0 Å². The Bertz CT molecular complexity index is 230. The van der Waals surface area contributed by atoms with Crippen LogP contribution in [0.3, 0.4) is 0 Å². The molecule has 1 fully saturated rings. The fraction of sp³-hybridized carbons (Fsp3) is 0.917. The standard InChI is InChI=1S/C12H21FN2/c1-3-12(13,10-14)15(2)9-11-7-5-4-6-8-11/h11H,3-9H2,1-2H3. The van der Waals surface area contributed by atoms with Crippen LogP contribution in [-0.4, -0.2) is 24.3 Å². The van der Waals surface area contributed by atoms with Gasteiger partial charge in [-0.15, -0.1) is 0 Å². The molecule has 0 aromatic carbocycles. The molecule has 1 aliphatic rings. The summed E-state index contributed by atoms with van der Waals surface area (Å²) in [7, 11) is 1.72. The van der Waals surface area contributed by atoms with E-state index < -0.39 is 5.79 Å². The molecule has 1 unspecified atom stereocenters. The van der Waals surface area contributed by atoms with E-state index in [9.17, 15) is 4.39 Å². The summed E-state index contributed by atoms with van der Waals surface area (Å²) in [5, 5.41) is 8.82. The average Bonchev–Trinajstić information content (AvgIpc) is 2.29. The molecule has 0 aliphatic heterocycles. The molecular formula is C12H21FN2. The first kappa shape index (κ1) is 12.4. The molecular weight excluding hydrogens is 191 g/mol. The Hall–Kier alpha value is -0.620. The summed E-state index contributed by atoms with van der Waals surface area (Å²) in [5.74, 6) is -1.18. The zero-order chi connectivity index (χ0) is 11.3. The van der Waals surface area contributed by atoms with Crippen LogP contribution in [0.2, 0.25) is 0 Å². The minimum Gasteiger partial charge on any atom is -0.262 e. The summed E-state index contributed by atoms with van der Waals surface area (Å²) in [6, 6.07) is 1.78. The Labute approximate surface area is 92.1 Å². The van der Waals surface area contributed by atoms with Crippen LogP contribution in [0.15, 0.2) is 0 Å². The van der Waals surface area contributed by atoms with Gasteiger partial charge >= 0.3 is 0 Å². The third-order valence-electron chi connectivity index (χ3n) is 3.50. The van der Waals surface area contributed by atoms with E-state index in [1.54, 1.807) is 24.9 Å². The van der Waals surface area contributed by atoms with Crippen molar-refractivity contribution < 1.29 is 4.39 Å². The molecule has 15 heavy (non-hydrogen) atoms. The number of hydrogen-bond donors (Lipinski definition) is 0. The van der Waals surface area contributed by atoms with E-state index in [2.05, 4.69) is 0 Å². The van der Waals surface area contributed by atoms with E-state index in [0.717, 1.165) is 6.54 Å². The number of alkyl halides is 1. The molecule has 0 aromatic heterocycles. The Kier molecular flexibility index (Phi) is 4.53. The van der Waals surface area contributed by atoms with Gasteiger partial charge in [-0.25, -0.2) is 4.39 Å². The molecule has 1 atom stereocenters. The second-order valence-corrected chi connectivity index (χ2v) is 4.61. The van der Waals surface area contributed by atoms with Gasteiger partial charge in [-0.1, -0.05) is 26.2 Å². The maximum absolute atomic E-state index is 14.0. The monoisotopic (exact) mass is 212 g/mol. The number of nitriles is 1. The van der Waals surface area contributed by atoms with E-state index >= 15 is 0 Å². The summed E-state index contributed by atoms with van der Waals surface area (Å²) in [5.41, 5.74) is 0. The average molecular weight is 212 g/mol. The fourth-order valence-electron chi connectivity index (χ4n) is 2.34. The van der Waals surface area contributed by atoms with Crippen LogP contribution in [0.5, 0.6) is 0 Å². The first-order valence-electron chi connectivity index (χ1n) is 5.94. The molecule has 0 amide bonds. The third-order valence-corrected chi connectivity index (χ3v) is 3.50. The van der Waals surface area contributed by atoms with E-state index in [1.165, 1.54) is 32.1 Å². The largest absolute Gasteiger partial charge is 0.262 e. The molecule has 1 aliphatic carbocycles. The summed E-state index contributed by atoms with van der Waals surface area (Å²) in [4.78, 5) is 1.59. The van der Waals surface area contributed by atoms with Crippen molar-refractivity contribution in [1.29, 1.82) is 5.26 Å². The Morgan fingerprint density at radius 2 is 2.00 bits per heavy atom. The van der Waals surface area contributed by atoms with Crippen molar-refractivity contribution in [2.24, 2.45) is 5.92 Å². The third kappa shape index (κ3) is 3.17. The van der Waals surface area contributed by atoms with Crippen molar-refractivity contribution in [3.05, 3.63) is 0 Å². The molecule has 1 rings (SSSR count). The van der Waals surface area contributed by atoms with Crippen LogP contribution in [0.4, 0.5) is 4.39 Å². The van der Waals surface area contributed by atoms with Gasteiger partial charge in [0.25, 0.3) is 0 Å². The van der Waals surface area contributed by atoms with Crippen molar-refractivity contribution in [1.82, 2.24) is 4.90 Å². The van der Waals surface area contributed by atoms with Gasteiger partial charge in [-0.3, -0.25) is 4.90 Å². The Balaban J connectivity index is 2.46. The van der Waals surface area contributed by atoms with E-state index in [1.807, 2.05) is 0 Å². The molecule has 2 nitrogen and oxygen atoms in total. The summed E-state index contributed by atoms with van der Waals surface area (Å²) >= 11 is 0. The van der Waals surface area contributed by atoms with Gasteiger partial charge in [0.05, 0.1) is 0 Å². The topological polar surface area (TPSA) is 27.0 Å². The molecule has 0 spiro atoms. The van der Waals surface area contributed by atoms with Crippen molar-refractivity contribution in [3.63, 3.8) is 0 Å². The molecule has 0 saturated heterocycles. The zero-order valence-corrected chi connectivity index (χ0v) is 9.80. The minimum absolute atomic E-state index is 0.243. The highest BCUT2D eigenvalue weighted by Crippen LogP contribution is 2.27. The van der Waals surface area contributed by atoms with Crippen molar-refractivity contribution in [3.8, 4) is 6.07 Å². The van der Waals surface area contributed by atoms with E-state index in [-0.39, 0.29) is 6.42 Å². The fourth-order valence-corrected chi connectivity index (χ4v) is 2.34. The normalized spacial score (nSPS) is 22.3. The summed E-state index contributed by atoms with van der Waals surface area (Å²) in [6.07, 6.45) is 6.46. The van der Waals surface area contributed by atoms with Crippen molar-refractivity contribution >= 4 is 0 Å². The highest BCUT2D eigenvalue weighted by molar-refractivity contribution is 4.98. The predicted molar refractivity (Wildman–Crippen MR) is 58.9 cm³/mol. The molecule has 0 aromatic rings. The number of rotatable bonds is 4.